The molecule has 2 aliphatic rings. The number of aliphatic carboxylic acids is 1. The lowest BCUT2D eigenvalue weighted by molar-refractivity contribution is -0.152. The molecule has 1 aliphatic heterocycles. The summed E-state index contributed by atoms with van der Waals surface area (Å²) in [4.78, 5) is 36.8. The molecule has 0 aromatic carbocycles. The number of hydrogen-bond acceptors (Lipinski definition) is 3. The Labute approximate surface area is 112 Å². The summed E-state index contributed by atoms with van der Waals surface area (Å²) in [5.74, 6) is -1.74. The summed E-state index contributed by atoms with van der Waals surface area (Å²) in [5.41, 5.74) is -0.851. The Bertz CT molecular complexity index is 419. The fraction of sp³-hybridized carbons (Fsp3) is 0.769. The standard InChI is InChI=1S/C13H20N2O4/c1-13(2)12(19)14-5-6-15(13)10(16)8-3-4-9(7-8)11(17)18/h8-9H,3-7H2,1-2H3,(H,14,19)(H,17,18). The van der Waals surface area contributed by atoms with E-state index in [1.807, 2.05) is 0 Å². The van der Waals surface area contributed by atoms with E-state index in [4.69, 9.17) is 5.11 Å². The highest BCUT2D eigenvalue weighted by atomic mass is 16.4. The van der Waals surface area contributed by atoms with Crippen molar-refractivity contribution in [2.24, 2.45) is 11.8 Å². The van der Waals surface area contributed by atoms with Crippen molar-refractivity contribution >= 4 is 17.8 Å². The number of carboxylic acids is 1. The lowest BCUT2D eigenvalue weighted by Gasteiger charge is -2.42. The number of carbonyl (C=O) groups excluding carboxylic acids is 2. The van der Waals surface area contributed by atoms with Gasteiger partial charge in [-0.2, -0.15) is 0 Å². The van der Waals surface area contributed by atoms with Crippen LogP contribution in [-0.4, -0.2) is 46.4 Å². The topological polar surface area (TPSA) is 86.7 Å². The summed E-state index contributed by atoms with van der Waals surface area (Å²) >= 11 is 0. The number of nitrogens with zero attached hydrogens (tertiary/aromatic N) is 1. The zero-order valence-corrected chi connectivity index (χ0v) is 11.3. The van der Waals surface area contributed by atoms with Gasteiger partial charge >= 0.3 is 5.97 Å². The Morgan fingerprint density at radius 3 is 2.53 bits per heavy atom. The maximum absolute atomic E-state index is 12.5. The molecule has 1 heterocycles. The summed E-state index contributed by atoms with van der Waals surface area (Å²) in [7, 11) is 0. The molecule has 19 heavy (non-hydrogen) atoms. The van der Waals surface area contributed by atoms with Crippen LogP contribution < -0.4 is 5.32 Å². The third-order valence-corrected chi connectivity index (χ3v) is 4.25. The van der Waals surface area contributed by atoms with Gasteiger partial charge in [-0.25, -0.2) is 0 Å². The maximum atomic E-state index is 12.5. The number of carboxylic acid groups (broad SMARTS) is 1. The van der Waals surface area contributed by atoms with Gasteiger partial charge in [-0.1, -0.05) is 0 Å². The molecule has 106 valence electrons. The largest absolute Gasteiger partial charge is 0.481 e. The van der Waals surface area contributed by atoms with Crippen molar-refractivity contribution in [1.29, 1.82) is 0 Å². The number of amides is 2. The van der Waals surface area contributed by atoms with Gasteiger partial charge in [0.25, 0.3) is 0 Å². The fourth-order valence-electron chi connectivity index (χ4n) is 2.94. The Morgan fingerprint density at radius 2 is 1.95 bits per heavy atom. The van der Waals surface area contributed by atoms with Gasteiger partial charge in [0.1, 0.15) is 5.54 Å². The first-order valence-corrected chi connectivity index (χ1v) is 6.66. The molecule has 2 unspecified atom stereocenters. The van der Waals surface area contributed by atoms with E-state index in [2.05, 4.69) is 5.32 Å². The number of nitrogens with one attached hydrogen (secondary N) is 1. The zero-order chi connectivity index (χ0) is 14.2. The first kappa shape index (κ1) is 13.8. The quantitative estimate of drug-likeness (QED) is 0.750. The van der Waals surface area contributed by atoms with Gasteiger partial charge in [-0.15, -0.1) is 0 Å². The van der Waals surface area contributed by atoms with Gasteiger partial charge in [0.15, 0.2) is 0 Å². The molecule has 1 aliphatic carbocycles. The van der Waals surface area contributed by atoms with Crippen LogP contribution in [0.4, 0.5) is 0 Å². The minimum absolute atomic E-state index is 0.0800. The number of hydrogen-bond donors (Lipinski definition) is 2. The predicted molar refractivity (Wildman–Crippen MR) is 67.3 cm³/mol. The van der Waals surface area contributed by atoms with Crippen LogP contribution >= 0.6 is 0 Å². The van der Waals surface area contributed by atoms with Gasteiger partial charge in [0.2, 0.25) is 11.8 Å². The van der Waals surface area contributed by atoms with Crippen molar-refractivity contribution in [2.75, 3.05) is 13.1 Å². The summed E-state index contributed by atoms with van der Waals surface area (Å²) in [6, 6.07) is 0. The fourth-order valence-corrected chi connectivity index (χ4v) is 2.94. The van der Waals surface area contributed by atoms with E-state index in [9.17, 15) is 14.4 Å². The van der Waals surface area contributed by atoms with E-state index >= 15 is 0 Å². The molecular formula is C13H20N2O4. The molecule has 6 heteroatoms. The van der Waals surface area contributed by atoms with Crippen LogP contribution in [0.3, 0.4) is 0 Å². The summed E-state index contributed by atoms with van der Waals surface area (Å²) < 4.78 is 0. The Hall–Kier alpha value is -1.59. The molecule has 0 aromatic heterocycles. The minimum atomic E-state index is -0.851. The van der Waals surface area contributed by atoms with Crippen LogP contribution in [0, 0.1) is 11.8 Å². The summed E-state index contributed by atoms with van der Waals surface area (Å²) in [6.45, 7) is 4.40. The van der Waals surface area contributed by atoms with Gasteiger partial charge in [-0.05, 0) is 33.1 Å². The van der Waals surface area contributed by atoms with Crippen LogP contribution in [0.2, 0.25) is 0 Å². The first-order chi connectivity index (χ1) is 8.84. The highest BCUT2D eigenvalue weighted by Crippen LogP contribution is 2.34. The predicted octanol–water partition coefficient (Wildman–Crippen LogP) is 0.224. The zero-order valence-electron chi connectivity index (χ0n) is 11.3. The molecule has 1 saturated carbocycles. The average Bonchev–Trinajstić information content (AvgIpc) is 2.81. The van der Waals surface area contributed by atoms with Crippen LogP contribution in [0.5, 0.6) is 0 Å². The molecular weight excluding hydrogens is 248 g/mol. The molecule has 2 rings (SSSR count). The Balaban J connectivity index is 2.08. The van der Waals surface area contributed by atoms with Gasteiger partial charge in [0, 0.05) is 19.0 Å². The monoisotopic (exact) mass is 268 g/mol. The molecule has 0 aromatic rings. The molecule has 2 N–H and O–H groups in total. The minimum Gasteiger partial charge on any atom is -0.481 e. The molecule has 1 saturated heterocycles. The molecule has 2 fully saturated rings. The number of carbonyl (C=O) groups is 3. The van der Waals surface area contributed by atoms with Crippen LogP contribution in [0.25, 0.3) is 0 Å². The van der Waals surface area contributed by atoms with E-state index in [0.717, 1.165) is 0 Å². The molecule has 0 spiro atoms. The van der Waals surface area contributed by atoms with Crippen LogP contribution in [-0.2, 0) is 14.4 Å². The van der Waals surface area contributed by atoms with Crippen molar-refractivity contribution in [3.63, 3.8) is 0 Å². The third kappa shape index (κ3) is 2.43. The number of piperazine rings is 1. The molecule has 0 bridgehead atoms. The Morgan fingerprint density at radius 1 is 1.32 bits per heavy atom. The highest BCUT2D eigenvalue weighted by molar-refractivity contribution is 5.92. The van der Waals surface area contributed by atoms with Crippen molar-refractivity contribution in [3.8, 4) is 0 Å². The van der Waals surface area contributed by atoms with E-state index < -0.39 is 17.4 Å². The van der Waals surface area contributed by atoms with Crippen molar-refractivity contribution in [1.82, 2.24) is 10.2 Å². The lowest BCUT2D eigenvalue weighted by atomic mass is 9.95. The van der Waals surface area contributed by atoms with E-state index in [-0.39, 0.29) is 17.7 Å². The van der Waals surface area contributed by atoms with Crippen molar-refractivity contribution in [2.45, 2.75) is 38.6 Å². The Kier molecular flexibility index (Phi) is 3.52. The average molecular weight is 268 g/mol. The smallest absolute Gasteiger partial charge is 0.306 e. The number of rotatable bonds is 2. The molecule has 0 radical (unpaired) electrons. The van der Waals surface area contributed by atoms with Crippen LogP contribution in [0.15, 0.2) is 0 Å². The third-order valence-electron chi connectivity index (χ3n) is 4.25. The van der Waals surface area contributed by atoms with Gasteiger partial charge in [-0.3, -0.25) is 14.4 Å². The first-order valence-electron chi connectivity index (χ1n) is 6.66. The highest BCUT2D eigenvalue weighted by Gasteiger charge is 2.44. The maximum Gasteiger partial charge on any atom is 0.306 e. The van der Waals surface area contributed by atoms with Crippen LogP contribution in [0.1, 0.15) is 33.1 Å². The lowest BCUT2D eigenvalue weighted by Crippen LogP contribution is -2.64. The van der Waals surface area contributed by atoms with Crippen molar-refractivity contribution < 1.29 is 19.5 Å². The normalized spacial score (nSPS) is 30.0. The second-order valence-corrected chi connectivity index (χ2v) is 5.85. The van der Waals surface area contributed by atoms with Crippen molar-refractivity contribution in [3.05, 3.63) is 0 Å². The summed E-state index contributed by atoms with van der Waals surface area (Å²) in [6.07, 6.45) is 1.54. The molecule has 6 nitrogen and oxygen atoms in total. The van der Waals surface area contributed by atoms with Gasteiger partial charge in [0.05, 0.1) is 5.92 Å². The van der Waals surface area contributed by atoms with E-state index in [1.165, 1.54) is 0 Å². The SMILES string of the molecule is CC1(C)C(=O)NCCN1C(=O)C1CCC(C(=O)O)C1. The second kappa shape index (κ2) is 4.83. The molecule has 2 atom stereocenters. The van der Waals surface area contributed by atoms with E-state index in [0.29, 0.717) is 32.4 Å². The summed E-state index contributed by atoms with van der Waals surface area (Å²) in [5, 5.41) is 11.7. The van der Waals surface area contributed by atoms with E-state index in [1.54, 1.807) is 18.7 Å². The molecule has 2 amide bonds. The van der Waals surface area contributed by atoms with Gasteiger partial charge < -0.3 is 15.3 Å². The second-order valence-electron chi connectivity index (χ2n) is 5.85.